The van der Waals surface area contributed by atoms with Crippen molar-refractivity contribution in [1.29, 1.82) is 0 Å². The van der Waals surface area contributed by atoms with Crippen LogP contribution in [-0.4, -0.2) is 34.0 Å². The van der Waals surface area contributed by atoms with E-state index in [-0.39, 0.29) is 5.91 Å². The van der Waals surface area contributed by atoms with Crippen molar-refractivity contribution in [1.82, 2.24) is 15.0 Å². The van der Waals surface area contributed by atoms with E-state index < -0.39 is 0 Å². The van der Waals surface area contributed by atoms with Gasteiger partial charge in [-0.2, -0.15) is 4.98 Å². The summed E-state index contributed by atoms with van der Waals surface area (Å²) in [6, 6.07) is 7.89. The van der Waals surface area contributed by atoms with Gasteiger partial charge in [0.2, 0.25) is 17.6 Å². The number of benzene rings is 1. The molecule has 1 aliphatic rings. The van der Waals surface area contributed by atoms with Crippen molar-refractivity contribution in [2.75, 3.05) is 13.1 Å². The van der Waals surface area contributed by atoms with Crippen molar-refractivity contribution in [2.24, 2.45) is 11.7 Å². The van der Waals surface area contributed by atoms with Crippen molar-refractivity contribution < 1.29 is 9.32 Å². The third kappa shape index (κ3) is 4.00. The Balaban J connectivity index is 1.52. The van der Waals surface area contributed by atoms with Gasteiger partial charge >= 0.3 is 0 Å². The number of hydrogen-bond donors (Lipinski definition) is 1. The SMILES string of the molecule is CC(=O)N1CCC(CCc2nc(-c3ccc(CN)cc3)no2)CC1. The van der Waals surface area contributed by atoms with Crippen molar-refractivity contribution in [2.45, 2.75) is 39.2 Å². The Morgan fingerprint density at radius 3 is 2.62 bits per heavy atom. The molecule has 1 aliphatic heterocycles. The number of carbonyl (C=O) groups is 1. The molecule has 0 radical (unpaired) electrons. The molecule has 0 atom stereocenters. The first-order valence-corrected chi connectivity index (χ1v) is 8.53. The largest absolute Gasteiger partial charge is 0.343 e. The highest BCUT2D eigenvalue weighted by molar-refractivity contribution is 5.73. The number of likely N-dealkylation sites (tertiary alicyclic amines) is 1. The van der Waals surface area contributed by atoms with Gasteiger partial charge in [0.1, 0.15) is 0 Å². The fourth-order valence-electron chi connectivity index (χ4n) is 3.13. The Hall–Kier alpha value is -2.21. The summed E-state index contributed by atoms with van der Waals surface area (Å²) in [5.74, 6) is 2.11. The van der Waals surface area contributed by atoms with Crippen LogP contribution in [0.5, 0.6) is 0 Å². The van der Waals surface area contributed by atoms with Gasteiger partial charge in [-0.05, 0) is 30.7 Å². The molecule has 2 aromatic rings. The third-order valence-electron chi connectivity index (χ3n) is 4.74. The Morgan fingerprint density at radius 1 is 1.29 bits per heavy atom. The first-order chi connectivity index (χ1) is 11.7. The lowest BCUT2D eigenvalue weighted by atomic mass is 9.92. The maximum Gasteiger partial charge on any atom is 0.226 e. The molecule has 6 heteroatoms. The molecule has 24 heavy (non-hydrogen) atoms. The Kier molecular flexibility index (Phi) is 5.25. The number of rotatable bonds is 5. The molecule has 1 saturated heterocycles. The number of hydrogen-bond acceptors (Lipinski definition) is 5. The standard InChI is InChI=1S/C18H24N4O2/c1-13(23)22-10-8-14(9-11-22)4-7-17-20-18(21-24-17)16-5-2-15(12-19)3-6-16/h2-3,5-6,14H,4,7-12,19H2,1H3. The van der Waals surface area contributed by atoms with Crippen LogP contribution in [0.25, 0.3) is 11.4 Å². The molecule has 0 bridgehead atoms. The van der Waals surface area contributed by atoms with Gasteiger partial charge in [0.25, 0.3) is 0 Å². The fourth-order valence-corrected chi connectivity index (χ4v) is 3.13. The van der Waals surface area contributed by atoms with E-state index in [1.54, 1.807) is 6.92 Å². The Labute approximate surface area is 142 Å². The molecule has 3 rings (SSSR count). The first kappa shape index (κ1) is 16.6. The minimum absolute atomic E-state index is 0.177. The molecule has 0 spiro atoms. The van der Waals surface area contributed by atoms with Crippen LogP contribution in [0.2, 0.25) is 0 Å². The van der Waals surface area contributed by atoms with Crippen LogP contribution in [0, 0.1) is 5.92 Å². The number of carbonyl (C=O) groups excluding carboxylic acids is 1. The minimum Gasteiger partial charge on any atom is -0.343 e. The maximum atomic E-state index is 11.3. The summed E-state index contributed by atoms with van der Waals surface area (Å²) in [5.41, 5.74) is 7.63. The van der Waals surface area contributed by atoms with Gasteiger partial charge in [-0.15, -0.1) is 0 Å². The van der Waals surface area contributed by atoms with Crippen LogP contribution in [0.4, 0.5) is 0 Å². The van der Waals surface area contributed by atoms with Crippen molar-refractivity contribution in [3.8, 4) is 11.4 Å². The zero-order valence-corrected chi connectivity index (χ0v) is 14.1. The predicted molar refractivity (Wildman–Crippen MR) is 90.9 cm³/mol. The monoisotopic (exact) mass is 328 g/mol. The lowest BCUT2D eigenvalue weighted by Crippen LogP contribution is -2.37. The number of amides is 1. The summed E-state index contributed by atoms with van der Waals surface area (Å²) in [6.07, 6.45) is 3.93. The molecule has 128 valence electrons. The second kappa shape index (κ2) is 7.57. The van der Waals surface area contributed by atoms with Crippen molar-refractivity contribution >= 4 is 5.91 Å². The van der Waals surface area contributed by atoms with Gasteiger partial charge in [0.15, 0.2) is 0 Å². The number of aryl methyl sites for hydroxylation is 1. The molecule has 0 aliphatic carbocycles. The van der Waals surface area contributed by atoms with Gasteiger partial charge in [0, 0.05) is 38.5 Å². The van der Waals surface area contributed by atoms with E-state index in [9.17, 15) is 4.79 Å². The smallest absolute Gasteiger partial charge is 0.226 e. The quantitative estimate of drug-likeness (QED) is 0.911. The first-order valence-electron chi connectivity index (χ1n) is 8.53. The lowest BCUT2D eigenvalue weighted by molar-refractivity contribution is -0.130. The van der Waals surface area contributed by atoms with Crippen molar-refractivity contribution in [3.63, 3.8) is 0 Å². The van der Waals surface area contributed by atoms with E-state index in [0.29, 0.717) is 24.2 Å². The highest BCUT2D eigenvalue weighted by atomic mass is 16.5. The molecule has 0 unspecified atom stereocenters. The number of nitrogens with two attached hydrogens (primary N) is 1. The average Bonchev–Trinajstić information content (AvgIpc) is 3.09. The zero-order chi connectivity index (χ0) is 16.9. The summed E-state index contributed by atoms with van der Waals surface area (Å²) in [6.45, 7) is 3.89. The second-order valence-electron chi connectivity index (χ2n) is 6.40. The molecule has 2 heterocycles. The van der Waals surface area contributed by atoms with Crippen LogP contribution in [-0.2, 0) is 17.8 Å². The van der Waals surface area contributed by atoms with E-state index >= 15 is 0 Å². The second-order valence-corrected chi connectivity index (χ2v) is 6.40. The van der Waals surface area contributed by atoms with E-state index in [2.05, 4.69) is 10.1 Å². The maximum absolute atomic E-state index is 11.3. The summed E-state index contributed by atoms with van der Waals surface area (Å²) in [4.78, 5) is 17.8. The van der Waals surface area contributed by atoms with E-state index in [1.165, 1.54) is 0 Å². The van der Waals surface area contributed by atoms with Crippen LogP contribution >= 0.6 is 0 Å². The fraction of sp³-hybridized carbons (Fsp3) is 0.500. The number of aromatic nitrogens is 2. The van der Waals surface area contributed by atoms with Gasteiger partial charge in [-0.3, -0.25) is 4.79 Å². The highest BCUT2D eigenvalue weighted by Crippen LogP contribution is 2.23. The topological polar surface area (TPSA) is 85.2 Å². The molecule has 1 aromatic carbocycles. The summed E-state index contributed by atoms with van der Waals surface area (Å²) in [5, 5.41) is 4.07. The normalized spacial score (nSPS) is 15.7. The Bertz CT molecular complexity index is 673. The zero-order valence-electron chi connectivity index (χ0n) is 14.1. The van der Waals surface area contributed by atoms with Crippen LogP contribution in [0.1, 0.15) is 37.6 Å². The molecule has 6 nitrogen and oxygen atoms in total. The molecular formula is C18H24N4O2. The molecule has 1 aromatic heterocycles. The molecular weight excluding hydrogens is 304 g/mol. The van der Waals surface area contributed by atoms with Crippen LogP contribution < -0.4 is 5.73 Å². The van der Waals surface area contributed by atoms with Gasteiger partial charge in [0.05, 0.1) is 0 Å². The van der Waals surface area contributed by atoms with Gasteiger partial charge in [-0.1, -0.05) is 29.4 Å². The highest BCUT2D eigenvalue weighted by Gasteiger charge is 2.21. The molecule has 0 saturated carbocycles. The average molecular weight is 328 g/mol. The summed E-state index contributed by atoms with van der Waals surface area (Å²) < 4.78 is 5.38. The summed E-state index contributed by atoms with van der Waals surface area (Å²) >= 11 is 0. The molecule has 2 N–H and O–H groups in total. The Morgan fingerprint density at radius 2 is 2.00 bits per heavy atom. The van der Waals surface area contributed by atoms with Gasteiger partial charge in [-0.25, -0.2) is 0 Å². The summed E-state index contributed by atoms with van der Waals surface area (Å²) in [7, 11) is 0. The third-order valence-corrected chi connectivity index (χ3v) is 4.74. The van der Waals surface area contributed by atoms with E-state index in [4.69, 9.17) is 10.3 Å². The van der Waals surface area contributed by atoms with Crippen LogP contribution in [0.15, 0.2) is 28.8 Å². The van der Waals surface area contributed by atoms with E-state index in [1.807, 2.05) is 29.2 Å². The lowest BCUT2D eigenvalue weighted by Gasteiger charge is -2.31. The van der Waals surface area contributed by atoms with Crippen LogP contribution in [0.3, 0.4) is 0 Å². The van der Waals surface area contributed by atoms with Crippen molar-refractivity contribution in [3.05, 3.63) is 35.7 Å². The van der Waals surface area contributed by atoms with Gasteiger partial charge < -0.3 is 15.2 Å². The molecule has 1 fully saturated rings. The minimum atomic E-state index is 0.177. The number of piperidine rings is 1. The predicted octanol–water partition coefficient (Wildman–Crippen LogP) is 2.39. The number of nitrogens with zero attached hydrogens (tertiary/aromatic N) is 3. The van der Waals surface area contributed by atoms with E-state index in [0.717, 1.165) is 49.9 Å². The molecule has 1 amide bonds.